The van der Waals surface area contributed by atoms with Crippen molar-refractivity contribution < 1.29 is 9.59 Å². The number of fused-ring (bicyclic) bond motifs is 1. The summed E-state index contributed by atoms with van der Waals surface area (Å²) in [6.07, 6.45) is 5.78. The predicted molar refractivity (Wildman–Crippen MR) is 129 cm³/mol. The van der Waals surface area contributed by atoms with E-state index in [4.69, 9.17) is 23.1 Å². The zero-order valence-corrected chi connectivity index (χ0v) is 18.5. The van der Waals surface area contributed by atoms with E-state index in [-0.39, 0.29) is 24.4 Å². The van der Waals surface area contributed by atoms with Crippen LogP contribution >= 0.6 is 11.6 Å². The van der Waals surface area contributed by atoms with Gasteiger partial charge in [0.15, 0.2) is 0 Å². The number of nitrogens with two attached hydrogens (primary N) is 2. The van der Waals surface area contributed by atoms with Crippen molar-refractivity contribution >= 4 is 40.0 Å². The molecule has 3 aromatic rings. The van der Waals surface area contributed by atoms with E-state index in [0.29, 0.717) is 16.6 Å². The first-order valence-electron chi connectivity index (χ1n) is 10.6. The Labute approximate surface area is 192 Å². The minimum absolute atomic E-state index is 0.0593. The van der Waals surface area contributed by atoms with Crippen LogP contribution in [0.15, 0.2) is 60.8 Å². The van der Waals surface area contributed by atoms with Crippen LogP contribution in [0.4, 0.5) is 5.69 Å². The van der Waals surface area contributed by atoms with Gasteiger partial charge >= 0.3 is 0 Å². The molecule has 168 valence electrons. The van der Waals surface area contributed by atoms with Gasteiger partial charge in [0.05, 0.1) is 12.1 Å². The number of carbonyl (C=O) groups excluding carboxylic acids is 2. The van der Waals surface area contributed by atoms with Crippen molar-refractivity contribution in [2.45, 2.75) is 37.8 Å². The van der Waals surface area contributed by atoms with Gasteiger partial charge in [0.1, 0.15) is 0 Å². The third-order valence-corrected chi connectivity index (χ3v) is 5.64. The van der Waals surface area contributed by atoms with Gasteiger partial charge in [-0.15, -0.1) is 0 Å². The number of pyridine rings is 1. The number of hydrogen-bond acceptors (Lipinski definition) is 5. The highest BCUT2D eigenvalue weighted by Gasteiger charge is 2.22. The molecule has 1 aliphatic rings. The summed E-state index contributed by atoms with van der Waals surface area (Å²) in [5.74, 6) is -0.450. The van der Waals surface area contributed by atoms with Gasteiger partial charge in [-0.2, -0.15) is 0 Å². The van der Waals surface area contributed by atoms with Gasteiger partial charge in [-0.1, -0.05) is 29.8 Å². The molecular weight excluding hydrogens is 426 g/mol. The van der Waals surface area contributed by atoms with E-state index in [2.05, 4.69) is 15.6 Å². The quantitative estimate of drug-likeness (QED) is 0.471. The van der Waals surface area contributed by atoms with Crippen LogP contribution in [-0.2, 0) is 4.79 Å². The van der Waals surface area contributed by atoms with Crippen LogP contribution in [0.5, 0.6) is 0 Å². The molecule has 2 amide bonds. The summed E-state index contributed by atoms with van der Waals surface area (Å²) >= 11 is 6.03. The highest BCUT2D eigenvalue weighted by atomic mass is 35.5. The first-order chi connectivity index (χ1) is 15.5. The second-order valence-corrected chi connectivity index (χ2v) is 8.15. The van der Waals surface area contributed by atoms with Gasteiger partial charge in [-0.05, 0) is 62.1 Å². The normalized spacial score (nSPS) is 17.7. The van der Waals surface area contributed by atoms with Crippen molar-refractivity contribution in [2.75, 3.05) is 11.9 Å². The first kappa shape index (κ1) is 23.5. The third-order valence-electron chi connectivity index (χ3n) is 5.40. The van der Waals surface area contributed by atoms with Gasteiger partial charge in [-0.25, -0.2) is 0 Å². The Kier molecular flexibility index (Phi) is 8.41. The standard InChI is InChI=1S/C17H21ClN4O.C7H7NO/c18-11-1-6-14-15(7-8-20-16(14)9-11)21-12-2-4-13(5-3-12)22-17(23)10-19;8-7(9)6-4-2-1-3-5-6/h1,6-9,12-13H,2-5,10,19H2,(H,20,21)(H,22,23);1-5H,(H2,8,9)/t12-,13+;. The lowest BCUT2D eigenvalue weighted by Crippen LogP contribution is -2.42. The predicted octanol–water partition coefficient (Wildman–Crippen LogP) is 3.47. The van der Waals surface area contributed by atoms with Gasteiger partial charge in [0.25, 0.3) is 0 Å². The highest BCUT2D eigenvalue weighted by Crippen LogP contribution is 2.28. The molecule has 32 heavy (non-hydrogen) atoms. The van der Waals surface area contributed by atoms with E-state index in [1.54, 1.807) is 30.5 Å². The molecule has 0 radical (unpaired) electrons. The molecule has 1 heterocycles. The van der Waals surface area contributed by atoms with E-state index in [1.165, 1.54) is 0 Å². The summed E-state index contributed by atoms with van der Waals surface area (Å²) in [5, 5.41) is 8.36. The number of anilines is 1. The topological polar surface area (TPSA) is 123 Å². The van der Waals surface area contributed by atoms with E-state index < -0.39 is 0 Å². The van der Waals surface area contributed by atoms with Crippen LogP contribution in [0.3, 0.4) is 0 Å². The molecule has 0 bridgehead atoms. The van der Waals surface area contributed by atoms with Crippen LogP contribution in [0.1, 0.15) is 36.0 Å². The largest absolute Gasteiger partial charge is 0.382 e. The fourth-order valence-electron chi connectivity index (χ4n) is 3.74. The van der Waals surface area contributed by atoms with Crippen molar-refractivity contribution in [1.82, 2.24) is 10.3 Å². The smallest absolute Gasteiger partial charge is 0.248 e. The molecule has 4 rings (SSSR count). The SMILES string of the molecule is NC(=O)c1ccccc1.NCC(=O)N[C@H]1CC[C@@H](Nc2ccnc3cc(Cl)ccc23)CC1. The number of carbonyl (C=O) groups is 2. The molecule has 0 aliphatic heterocycles. The Morgan fingerprint density at radius 1 is 1.00 bits per heavy atom. The third kappa shape index (κ3) is 6.67. The van der Waals surface area contributed by atoms with Crippen molar-refractivity contribution in [3.05, 3.63) is 71.4 Å². The van der Waals surface area contributed by atoms with Crippen LogP contribution in [0.2, 0.25) is 5.02 Å². The second kappa shape index (κ2) is 11.5. The Morgan fingerprint density at radius 2 is 1.69 bits per heavy atom. The van der Waals surface area contributed by atoms with E-state index in [0.717, 1.165) is 42.3 Å². The molecule has 7 nitrogen and oxygen atoms in total. The molecule has 0 spiro atoms. The maximum atomic E-state index is 11.4. The number of benzene rings is 2. The zero-order valence-electron chi connectivity index (χ0n) is 17.8. The highest BCUT2D eigenvalue weighted by molar-refractivity contribution is 6.31. The molecule has 1 aromatic heterocycles. The van der Waals surface area contributed by atoms with Crippen LogP contribution in [-0.4, -0.2) is 35.4 Å². The monoisotopic (exact) mass is 453 g/mol. The molecule has 0 unspecified atom stereocenters. The van der Waals surface area contributed by atoms with E-state index in [9.17, 15) is 9.59 Å². The molecular formula is C24H28ClN5O2. The van der Waals surface area contributed by atoms with Crippen molar-refractivity contribution in [2.24, 2.45) is 11.5 Å². The first-order valence-corrected chi connectivity index (χ1v) is 11.0. The van der Waals surface area contributed by atoms with Crippen LogP contribution in [0.25, 0.3) is 10.9 Å². The fraction of sp³-hybridized carbons (Fsp3) is 0.292. The minimum Gasteiger partial charge on any atom is -0.382 e. The van der Waals surface area contributed by atoms with Gasteiger partial charge in [0.2, 0.25) is 11.8 Å². The van der Waals surface area contributed by atoms with Crippen LogP contribution in [0, 0.1) is 0 Å². The fourth-order valence-corrected chi connectivity index (χ4v) is 3.90. The number of halogens is 1. The Bertz CT molecular complexity index is 1050. The number of rotatable bonds is 5. The Hall–Kier alpha value is -3.16. The lowest BCUT2D eigenvalue weighted by molar-refractivity contribution is -0.120. The summed E-state index contributed by atoms with van der Waals surface area (Å²) in [7, 11) is 0. The van der Waals surface area contributed by atoms with Crippen molar-refractivity contribution in [1.29, 1.82) is 0 Å². The summed E-state index contributed by atoms with van der Waals surface area (Å²) in [6, 6.07) is 17.2. The zero-order chi connectivity index (χ0) is 22.9. The maximum Gasteiger partial charge on any atom is 0.248 e. The molecule has 8 heteroatoms. The lowest BCUT2D eigenvalue weighted by Gasteiger charge is -2.30. The molecule has 0 saturated heterocycles. The number of nitrogens with one attached hydrogen (secondary N) is 2. The van der Waals surface area contributed by atoms with Crippen molar-refractivity contribution in [3.63, 3.8) is 0 Å². The average molecular weight is 454 g/mol. The molecule has 1 saturated carbocycles. The summed E-state index contributed by atoms with van der Waals surface area (Å²) in [5.41, 5.74) is 12.8. The number of primary amides is 1. The number of hydrogen-bond donors (Lipinski definition) is 4. The Morgan fingerprint density at radius 3 is 2.31 bits per heavy atom. The number of aromatic nitrogens is 1. The molecule has 0 atom stereocenters. The summed E-state index contributed by atoms with van der Waals surface area (Å²) in [6.45, 7) is 0.0593. The van der Waals surface area contributed by atoms with Crippen LogP contribution < -0.4 is 22.1 Å². The van der Waals surface area contributed by atoms with E-state index >= 15 is 0 Å². The van der Waals surface area contributed by atoms with Crippen molar-refractivity contribution in [3.8, 4) is 0 Å². The maximum absolute atomic E-state index is 11.4. The molecule has 1 aliphatic carbocycles. The van der Waals surface area contributed by atoms with E-state index in [1.807, 2.05) is 30.3 Å². The summed E-state index contributed by atoms with van der Waals surface area (Å²) < 4.78 is 0. The molecule has 1 fully saturated rings. The minimum atomic E-state index is -0.379. The number of nitrogens with zero attached hydrogens (tertiary/aromatic N) is 1. The second-order valence-electron chi connectivity index (χ2n) is 7.71. The number of amides is 2. The van der Waals surface area contributed by atoms with Gasteiger partial charge < -0.3 is 22.1 Å². The molecule has 2 aromatic carbocycles. The van der Waals surface area contributed by atoms with Gasteiger partial charge in [-0.3, -0.25) is 14.6 Å². The Balaban J connectivity index is 0.000000269. The van der Waals surface area contributed by atoms with Gasteiger partial charge in [0, 0.05) is 39.9 Å². The summed E-state index contributed by atoms with van der Waals surface area (Å²) in [4.78, 5) is 26.1. The average Bonchev–Trinajstić information content (AvgIpc) is 2.81. The molecule has 6 N–H and O–H groups in total. The lowest BCUT2D eigenvalue weighted by atomic mass is 9.91.